The second-order valence-corrected chi connectivity index (χ2v) is 3.15. The Morgan fingerprint density at radius 1 is 1.46 bits per heavy atom. The summed E-state index contributed by atoms with van der Waals surface area (Å²) in [5.74, 6) is 0.244. The maximum absolute atomic E-state index is 11.1. The standard InChI is InChI=1S/C9H16O2.C2H6/c1-2-3-5-8-6-4-7-11-9(8)10;1-2/h8H,2-7H2,1H3;1-2H3. The Labute approximate surface area is 81.7 Å². The van der Waals surface area contributed by atoms with Crippen molar-refractivity contribution in [1.82, 2.24) is 0 Å². The van der Waals surface area contributed by atoms with Crippen molar-refractivity contribution in [2.75, 3.05) is 6.61 Å². The topological polar surface area (TPSA) is 26.3 Å². The van der Waals surface area contributed by atoms with Crippen molar-refractivity contribution in [3.05, 3.63) is 0 Å². The van der Waals surface area contributed by atoms with Gasteiger partial charge in [0.2, 0.25) is 0 Å². The molecule has 1 rings (SSSR count). The zero-order valence-corrected chi connectivity index (χ0v) is 9.14. The van der Waals surface area contributed by atoms with Crippen LogP contribution in [0.3, 0.4) is 0 Å². The molecule has 0 aromatic heterocycles. The Hall–Kier alpha value is -0.530. The van der Waals surface area contributed by atoms with E-state index in [2.05, 4.69) is 6.92 Å². The molecule has 1 aliphatic rings. The first-order valence-electron chi connectivity index (χ1n) is 5.51. The van der Waals surface area contributed by atoms with E-state index in [1.807, 2.05) is 13.8 Å². The summed E-state index contributed by atoms with van der Waals surface area (Å²) >= 11 is 0. The lowest BCUT2D eigenvalue weighted by Crippen LogP contribution is -2.23. The third-order valence-electron chi connectivity index (χ3n) is 2.18. The van der Waals surface area contributed by atoms with Crippen LogP contribution >= 0.6 is 0 Å². The molecule has 1 heterocycles. The molecule has 0 spiro atoms. The monoisotopic (exact) mass is 186 g/mol. The van der Waals surface area contributed by atoms with E-state index in [1.165, 1.54) is 6.42 Å². The zero-order chi connectivity index (χ0) is 10.1. The quantitative estimate of drug-likeness (QED) is 0.633. The molecule has 1 unspecified atom stereocenters. The Bertz CT molecular complexity index is 132. The first kappa shape index (κ1) is 12.5. The fourth-order valence-electron chi connectivity index (χ4n) is 1.45. The summed E-state index contributed by atoms with van der Waals surface area (Å²) in [5, 5.41) is 0. The number of carbonyl (C=O) groups excluding carboxylic acids is 1. The minimum absolute atomic E-state index is 0.0321. The predicted octanol–water partition coefficient (Wildman–Crippen LogP) is 3.16. The molecule has 0 aromatic rings. The number of unbranched alkanes of at least 4 members (excludes halogenated alkanes) is 1. The molecule has 0 saturated carbocycles. The van der Waals surface area contributed by atoms with Crippen LogP contribution in [0.15, 0.2) is 0 Å². The van der Waals surface area contributed by atoms with Crippen LogP contribution in [-0.2, 0) is 9.53 Å². The van der Waals surface area contributed by atoms with E-state index in [-0.39, 0.29) is 11.9 Å². The number of esters is 1. The molecule has 1 aliphatic heterocycles. The molecule has 0 aromatic carbocycles. The van der Waals surface area contributed by atoms with Crippen LogP contribution in [0, 0.1) is 5.92 Å². The number of hydrogen-bond acceptors (Lipinski definition) is 2. The largest absolute Gasteiger partial charge is 0.465 e. The van der Waals surface area contributed by atoms with E-state index >= 15 is 0 Å². The smallest absolute Gasteiger partial charge is 0.308 e. The Kier molecular flexibility index (Phi) is 7.76. The van der Waals surface area contributed by atoms with Crippen LogP contribution in [0.4, 0.5) is 0 Å². The van der Waals surface area contributed by atoms with Crippen LogP contribution in [0.5, 0.6) is 0 Å². The van der Waals surface area contributed by atoms with Crippen molar-refractivity contribution < 1.29 is 9.53 Å². The van der Waals surface area contributed by atoms with Gasteiger partial charge in [0.1, 0.15) is 0 Å². The highest BCUT2D eigenvalue weighted by atomic mass is 16.5. The Balaban J connectivity index is 0.000000671. The summed E-state index contributed by atoms with van der Waals surface area (Å²) < 4.78 is 4.95. The molecule has 13 heavy (non-hydrogen) atoms. The fourth-order valence-corrected chi connectivity index (χ4v) is 1.45. The van der Waals surface area contributed by atoms with Gasteiger partial charge in [-0.2, -0.15) is 0 Å². The van der Waals surface area contributed by atoms with Crippen LogP contribution in [-0.4, -0.2) is 12.6 Å². The third-order valence-corrected chi connectivity index (χ3v) is 2.18. The van der Waals surface area contributed by atoms with Gasteiger partial charge in [-0.15, -0.1) is 0 Å². The molecule has 0 amide bonds. The van der Waals surface area contributed by atoms with Crippen molar-refractivity contribution in [3.63, 3.8) is 0 Å². The lowest BCUT2D eigenvalue weighted by Gasteiger charge is -2.20. The summed E-state index contributed by atoms with van der Waals surface area (Å²) in [5.41, 5.74) is 0. The van der Waals surface area contributed by atoms with Gasteiger partial charge in [0.05, 0.1) is 12.5 Å². The zero-order valence-electron chi connectivity index (χ0n) is 9.14. The minimum Gasteiger partial charge on any atom is -0.465 e. The highest BCUT2D eigenvalue weighted by Crippen LogP contribution is 2.20. The second kappa shape index (κ2) is 8.09. The lowest BCUT2D eigenvalue weighted by atomic mass is 9.95. The SMILES string of the molecule is CC.CCCCC1CCCOC1=O. The number of rotatable bonds is 3. The van der Waals surface area contributed by atoms with Gasteiger partial charge in [-0.05, 0) is 19.3 Å². The van der Waals surface area contributed by atoms with Gasteiger partial charge in [0, 0.05) is 0 Å². The van der Waals surface area contributed by atoms with E-state index in [0.717, 1.165) is 25.7 Å². The first-order chi connectivity index (χ1) is 6.34. The minimum atomic E-state index is 0.0321. The normalized spacial score (nSPS) is 21.5. The van der Waals surface area contributed by atoms with Crippen LogP contribution in [0.1, 0.15) is 52.9 Å². The molecule has 1 saturated heterocycles. The molecule has 2 nitrogen and oxygen atoms in total. The third kappa shape index (κ3) is 4.91. The van der Waals surface area contributed by atoms with E-state index in [9.17, 15) is 4.79 Å². The Morgan fingerprint density at radius 2 is 2.15 bits per heavy atom. The summed E-state index contributed by atoms with van der Waals surface area (Å²) in [6.45, 7) is 6.79. The van der Waals surface area contributed by atoms with Gasteiger partial charge in [0.25, 0.3) is 0 Å². The number of carbonyl (C=O) groups is 1. The van der Waals surface area contributed by atoms with E-state index < -0.39 is 0 Å². The van der Waals surface area contributed by atoms with E-state index in [1.54, 1.807) is 0 Å². The molecule has 78 valence electrons. The van der Waals surface area contributed by atoms with Gasteiger partial charge in [-0.1, -0.05) is 33.6 Å². The van der Waals surface area contributed by atoms with Crippen molar-refractivity contribution in [1.29, 1.82) is 0 Å². The van der Waals surface area contributed by atoms with Crippen LogP contribution in [0.25, 0.3) is 0 Å². The molecule has 1 fully saturated rings. The van der Waals surface area contributed by atoms with Gasteiger partial charge >= 0.3 is 5.97 Å². The van der Waals surface area contributed by atoms with E-state index in [0.29, 0.717) is 6.61 Å². The molecule has 0 N–H and O–H groups in total. The summed E-state index contributed by atoms with van der Waals surface area (Å²) in [6.07, 6.45) is 5.44. The van der Waals surface area contributed by atoms with E-state index in [4.69, 9.17) is 4.74 Å². The van der Waals surface area contributed by atoms with Crippen LogP contribution in [0.2, 0.25) is 0 Å². The van der Waals surface area contributed by atoms with Gasteiger partial charge in [0.15, 0.2) is 0 Å². The van der Waals surface area contributed by atoms with Crippen molar-refractivity contribution in [3.8, 4) is 0 Å². The average molecular weight is 186 g/mol. The predicted molar refractivity (Wildman–Crippen MR) is 54.6 cm³/mol. The van der Waals surface area contributed by atoms with Gasteiger partial charge in [-0.25, -0.2) is 0 Å². The highest BCUT2D eigenvalue weighted by molar-refractivity contribution is 5.72. The highest BCUT2D eigenvalue weighted by Gasteiger charge is 2.22. The molecule has 1 atom stereocenters. The van der Waals surface area contributed by atoms with Crippen molar-refractivity contribution in [2.24, 2.45) is 5.92 Å². The lowest BCUT2D eigenvalue weighted by molar-refractivity contribution is -0.153. The van der Waals surface area contributed by atoms with Crippen LogP contribution < -0.4 is 0 Å². The number of ether oxygens (including phenoxy) is 1. The molecular weight excluding hydrogens is 164 g/mol. The van der Waals surface area contributed by atoms with Crippen molar-refractivity contribution in [2.45, 2.75) is 52.9 Å². The number of cyclic esters (lactones) is 1. The molecule has 2 heteroatoms. The summed E-state index contributed by atoms with van der Waals surface area (Å²) in [6, 6.07) is 0. The van der Waals surface area contributed by atoms with Crippen molar-refractivity contribution >= 4 is 5.97 Å². The molecule has 0 bridgehead atoms. The molecular formula is C11H22O2. The maximum atomic E-state index is 11.1. The maximum Gasteiger partial charge on any atom is 0.308 e. The van der Waals surface area contributed by atoms with Gasteiger partial charge < -0.3 is 4.74 Å². The average Bonchev–Trinajstić information content (AvgIpc) is 2.20. The summed E-state index contributed by atoms with van der Waals surface area (Å²) in [4.78, 5) is 11.1. The fraction of sp³-hybridized carbons (Fsp3) is 0.909. The Morgan fingerprint density at radius 3 is 2.69 bits per heavy atom. The second-order valence-electron chi connectivity index (χ2n) is 3.15. The first-order valence-corrected chi connectivity index (χ1v) is 5.51. The summed E-state index contributed by atoms with van der Waals surface area (Å²) in [7, 11) is 0. The molecule has 0 aliphatic carbocycles. The van der Waals surface area contributed by atoms with Gasteiger partial charge in [-0.3, -0.25) is 4.79 Å². The number of hydrogen-bond donors (Lipinski definition) is 0. The molecule has 0 radical (unpaired) electrons.